The molecule has 3 aromatic rings. The third-order valence-corrected chi connectivity index (χ3v) is 6.61. The van der Waals surface area contributed by atoms with Crippen LogP contribution in [0.5, 0.6) is 0 Å². The van der Waals surface area contributed by atoms with Crippen LogP contribution in [0, 0.1) is 18.6 Å². The Bertz CT molecular complexity index is 1340. The van der Waals surface area contributed by atoms with Gasteiger partial charge in [-0.1, -0.05) is 17.7 Å². The summed E-state index contributed by atoms with van der Waals surface area (Å²) in [5.74, 6) is -0.843. The molecule has 2 aromatic heterocycles. The van der Waals surface area contributed by atoms with Crippen LogP contribution < -0.4 is 10.5 Å². The molecule has 33 heavy (non-hydrogen) atoms. The van der Waals surface area contributed by atoms with Gasteiger partial charge in [0.25, 0.3) is 5.56 Å². The SMILES string of the molecule is Cc1ccc(N2CC3(CCC(=CCn4c(=O)ccc5ncc(F)cc54)CC3)OC2=O)cc1F. The lowest BCUT2D eigenvalue weighted by molar-refractivity contribution is 0.0346. The molecule has 6 nitrogen and oxygen atoms in total. The molecule has 2 aliphatic rings. The Morgan fingerprint density at radius 3 is 2.67 bits per heavy atom. The molecule has 170 valence electrons. The first-order valence-corrected chi connectivity index (χ1v) is 10.9. The van der Waals surface area contributed by atoms with E-state index in [2.05, 4.69) is 4.98 Å². The molecular weight excluding hydrogens is 428 g/mol. The summed E-state index contributed by atoms with van der Waals surface area (Å²) in [6, 6.07) is 9.09. The summed E-state index contributed by atoms with van der Waals surface area (Å²) in [6.45, 7) is 2.38. The highest BCUT2D eigenvalue weighted by atomic mass is 19.1. The zero-order valence-corrected chi connectivity index (χ0v) is 18.2. The minimum atomic E-state index is -0.598. The normalized spacial score (nSPS) is 20.5. The van der Waals surface area contributed by atoms with Gasteiger partial charge in [0.1, 0.15) is 17.2 Å². The number of hydrogen-bond acceptors (Lipinski definition) is 4. The standard InChI is InChI=1S/C25H23F2N3O3/c1-16-2-3-19(13-20(16)27)30-15-25(33-24(30)32)9-6-17(7-10-25)8-11-29-22-12-18(26)14-28-21(22)4-5-23(29)31/h2-5,8,12-14H,6-7,9-11,15H2,1H3. The Labute approximate surface area is 189 Å². The molecule has 1 aliphatic carbocycles. The summed E-state index contributed by atoms with van der Waals surface area (Å²) in [5.41, 5.74) is 2.38. The van der Waals surface area contributed by atoms with Crippen LogP contribution in [-0.2, 0) is 11.3 Å². The van der Waals surface area contributed by atoms with Crippen molar-refractivity contribution in [2.75, 3.05) is 11.4 Å². The van der Waals surface area contributed by atoms with Gasteiger partial charge in [-0.2, -0.15) is 0 Å². The van der Waals surface area contributed by atoms with Gasteiger partial charge < -0.3 is 9.30 Å². The number of pyridine rings is 2. The molecule has 1 aromatic carbocycles. The number of hydrogen-bond donors (Lipinski definition) is 0. The van der Waals surface area contributed by atoms with Crippen molar-refractivity contribution in [3.8, 4) is 0 Å². The van der Waals surface area contributed by atoms with E-state index in [9.17, 15) is 18.4 Å². The van der Waals surface area contributed by atoms with Gasteiger partial charge in [-0.25, -0.2) is 13.6 Å². The number of amides is 1. The summed E-state index contributed by atoms with van der Waals surface area (Å²) in [4.78, 5) is 30.4. The van der Waals surface area contributed by atoms with E-state index in [1.165, 1.54) is 27.7 Å². The van der Waals surface area contributed by atoms with E-state index in [4.69, 9.17) is 4.74 Å². The fourth-order valence-electron chi connectivity index (χ4n) is 4.61. The van der Waals surface area contributed by atoms with Crippen LogP contribution >= 0.6 is 0 Å². The Hall–Kier alpha value is -3.55. The minimum absolute atomic E-state index is 0.218. The second kappa shape index (κ2) is 8.10. The van der Waals surface area contributed by atoms with Crippen molar-refractivity contribution in [3.05, 3.63) is 81.8 Å². The van der Waals surface area contributed by atoms with Gasteiger partial charge in [0.2, 0.25) is 0 Å². The van der Waals surface area contributed by atoms with Gasteiger partial charge >= 0.3 is 6.09 Å². The summed E-state index contributed by atoms with van der Waals surface area (Å²) in [7, 11) is 0. The Balaban J connectivity index is 1.30. The molecule has 1 aliphatic heterocycles. The van der Waals surface area contributed by atoms with Crippen molar-refractivity contribution in [1.82, 2.24) is 9.55 Å². The fourth-order valence-corrected chi connectivity index (χ4v) is 4.61. The maximum Gasteiger partial charge on any atom is 0.415 e. The monoisotopic (exact) mass is 451 g/mol. The number of carbonyl (C=O) groups excluding carboxylic acids is 1. The number of nitrogens with zero attached hydrogens (tertiary/aromatic N) is 3. The first-order valence-electron chi connectivity index (χ1n) is 10.9. The van der Waals surface area contributed by atoms with Gasteiger partial charge in [0.05, 0.1) is 29.5 Å². The quantitative estimate of drug-likeness (QED) is 0.533. The first kappa shape index (κ1) is 21.3. The summed E-state index contributed by atoms with van der Waals surface area (Å²) in [6.07, 6.45) is 5.40. The molecule has 0 bridgehead atoms. The average Bonchev–Trinajstić information content (AvgIpc) is 3.12. The van der Waals surface area contributed by atoms with Crippen molar-refractivity contribution < 1.29 is 18.3 Å². The van der Waals surface area contributed by atoms with Gasteiger partial charge in [-0.05, 0) is 56.4 Å². The van der Waals surface area contributed by atoms with Gasteiger partial charge in [0.15, 0.2) is 0 Å². The number of ether oxygens (including phenoxy) is 1. The van der Waals surface area contributed by atoms with Gasteiger partial charge in [0, 0.05) is 18.7 Å². The van der Waals surface area contributed by atoms with Crippen LogP contribution in [-0.4, -0.2) is 27.8 Å². The number of benzene rings is 1. The number of anilines is 1. The summed E-state index contributed by atoms with van der Waals surface area (Å²) < 4.78 is 34.9. The van der Waals surface area contributed by atoms with Crippen molar-refractivity contribution in [3.63, 3.8) is 0 Å². The molecule has 0 radical (unpaired) electrons. The third kappa shape index (κ3) is 4.01. The maximum atomic E-state index is 14.0. The Kier molecular flexibility index (Phi) is 5.23. The molecule has 1 spiro atoms. The smallest absolute Gasteiger partial charge is 0.415 e. The molecular formula is C25H23F2N3O3. The first-order chi connectivity index (χ1) is 15.8. The predicted molar refractivity (Wildman–Crippen MR) is 120 cm³/mol. The largest absolute Gasteiger partial charge is 0.441 e. The Morgan fingerprint density at radius 1 is 1.12 bits per heavy atom. The lowest BCUT2D eigenvalue weighted by Crippen LogP contribution is -2.37. The van der Waals surface area contributed by atoms with Crippen LogP contribution in [0.2, 0.25) is 0 Å². The van der Waals surface area contributed by atoms with Crippen molar-refractivity contribution in [2.24, 2.45) is 0 Å². The summed E-state index contributed by atoms with van der Waals surface area (Å²) >= 11 is 0. The molecule has 0 atom stereocenters. The molecule has 2 fully saturated rings. The van der Waals surface area contributed by atoms with Crippen LogP contribution in [0.25, 0.3) is 11.0 Å². The molecule has 5 rings (SSSR count). The minimum Gasteiger partial charge on any atom is -0.441 e. The highest BCUT2D eigenvalue weighted by Gasteiger charge is 2.46. The highest BCUT2D eigenvalue weighted by molar-refractivity contribution is 5.90. The van der Waals surface area contributed by atoms with Gasteiger partial charge in [-0.15, -0.1) is 0 Å². The summed E-state index contributed by atoms with van der Waals surface area (Å²) in [5, 5.41) is 0. The number of rotatable bonds is 3. The average molecular weight is 451 g/mol. The lowest BCUT2D eigenvalue weighted by Gasteiger charge is -2.32. The number of allylic oxidation sites excluding steroid dienone is 2. The van der Waals surface area contributed by atoms with E-state index >= 15 is 0 Å². The number of aromatic nitrogens is 2. The number of halogens is 2. The van der Waals surface area contributed by atoms with E-state index in [0.717, 1.165) is 24.6 Å². The highest BCUT2D eigenvalue weighted by Crippen LogP contribution is 2.40. The van der Waals surface area contributed by atoms with E-state index in [0.29, 0.717) is 48.2 Å². The van der Waals surface area contributed by atoms with Gasteiger partial charge in [-0.3, -0.25) is 14.7 Å². The van der Waals surface area contributed by atoms with E-state index in [1.54, 1.807) is 25.1 Å². The molecule has 1 amide bonds. The predicted octanol–water partition coefficient (Wildman–Crippen LogP) is 4.88. The van der Waals surface area contributed by atoms with Crippen molar-refractivity contribution in [1.29, 1.82) is 0 Å². The molecule has 8 heteroatoms. The fraction of sp³-hybridized carbons (Fsp3) is 0.320. The van der Waals surface area contributed by atoms with E-state index in [1.807, 2.05) is 6.08 Å². The molecule has 0 unspecified atom stereocenters. The number of carbonyl (C=O) groups is 1. The zero-order chi connectivity index (χ0) is 23.2. The second-order valence-electron chi connectivity index (χ2n) is 8.77. The van der Waals surface area contributed by atoms with Crippen LogP contribution in [0.1, 0.15) is 31.2 Å². The van der Waals surface area contributed by atoms with Crippen LogP contribution in [0.3, 0.4) is 0 Å². The van der Waals surface area contributed by atoms with Crippen LogP contribution in [0.15, 0.2) is 59.0 Å². The molecule has 3 heterocycles. The zero-order valence-electron chi connectivity index (χ0n) is 18.2. The van der Waals surface area contributed by atoms with Crippen molar-refractivity contribution >= 4 is 22.8 Å². The number of fused-ring (bicyclic) bond motifs is 1. The third-order valence-electron chi connectivity index (χ3n) is 6.61. The van der Waals surface area contributed by atoms with Crippen molar-refractivity contribution in [2.45, 2.75) is 44.8 Å². The van der Waals surface area contributed by atoms with E-state index < -0.39 is 17.5 Å². The van der Waals surface area contributed by atoms with E-state index in [-0.39, 0.29) is 11.4 Å². The molecule has 1 saturated heterocycles. The molecule has 0 N–H and O–H groups in total. The van der Waals surface area contributed by atoms with Crippen LogP contribution in [0.4, 0.5) is 19.3 Å². The Morgan fingerprint density at radius 2 is 1.91 bits per heavy atom. The lowest BCUT2D eigenvalue weighted by atomic mass is 9.82. The maximum absolute atomic E-state index is 14.0. The number of aryl methyl sites for hydroxylation is 1. The second-order valence-corrected chi connectivity index (χ2v) is 8.77. The molecule has 1 saturated carbocycles. The topological polar surface area (TPSA) is 64.4 Å².